The molecule has 3 heteroatoms. The lowest BCUT2D eigenvalue weighted by Crippen LogP contribution is -2.29. The lowest BCUT2D eigenvalue weighted by molar-refractivity contribution is 0.337. The average molecular weight is 309 g/mol. The topological polar surface area (TPSA) is 21.3 Å². The van der Waals surface area contributed by atoms with Crippen LogP contribution < -0.4 is 10.1 Å². The van der Waals surface area contributed by atoms with Crippen molar-refractivity contribution < 1.29 is 9.13 Å². The monoisotopic (exact) mass is 309 g/mol. The number of hydrogen-bond acceptors (Lipinski definition) is 2. The minimum Gasteiger partial charge on any atom is -0.492 e. The Bertz CT molecular complexity index is 738. The number of hydrogen-bond donors (Lipinski definition) is 1. The van der Waals surface area contributed by atoms with Gasteiger partial charge < -0.3 is 10.1 Å². The van der Waals surface area contributed by atoms with Crippen LogP contribution in [0.2, 0.25) is 0 Å². The fourth-order valence-corrected chi connectivity index (χ4v) is 3.87. The molecule has 2 nitrogen and oxygen atoms in total. The van der Waals surface area contributed by atoms with Crippen LogP contribution in [-0.2, 0) is 0 Å². The Balaban J connectivity index is 1.78. The molecular weight excluding hydrogens is 289 g/mol. The summed E-state index contributed by atoms with van der Waals surface area (Å²) in [5.41, 5.74) is 3.51. The molecule has 1 aliphatic carbocycles. The number of ether oxygens (including phenoxy) is 1. The van der Waals surface area contributed by atoms with Gasteiger partial charge in [-0.05, 0) is 48.6 Å². The SMILES string of the molecule is CCOc1cccc2c1N[C@H](c1ccc(F)cc1)[C@@H]1CC=C[C@H]21. The number of benzene rings is 2. The Morgan fingerprint density at radius 3 is 2.78 bits per heavy atom. The van der Waals surface area contributed by atoms with Crippen molar-refractivity contribution >= 4 is 5.69 Å². The molecule has 0 saturated carbocycles. The van der Waals surface area contributed by atoms with Gasteiger partial charge in [0, 0.05) is 5.92 Å². The highest BCUT2D eigenvalue weighted by Gasteiger charge is 2.38. The second-order valence-corrected chi connectivity index (χ2v) is 6.18. The molecule has 0 bridgehead atoms. The Morgan fingerprint density at radius 1 is 1.17 bits per heavy atom. The fraction of sp³-hybridized carbons (Fsp3) is 0.300. The molecule has 0 spiro atoms. The van der Waals surface area contributed by atoms with Crippen LogP contribution in [0.3, 0.4) is 0 Å². The van der Waals surface area contributed by atoms with E-state index in [0.717, 1.165) is 23.4 Å². The summed E-state index contributed by atoms with van der Waals surface area (Å²) in [6.45, 7) is 2.64. The number of nitrogens with one attached hydrogen (secondary N) is 1. The summed E-state index contributed by atoms with van der Waals surface area (Å²) >= 11 is 0. The molecule has 2 aliphatic rings. The van der Waals surface area contributed by atoms with Crippen molar-refractivity contribution in [3.8, 4) is 5.75 Å². The van der Waals surface area contributed by atoms with Gasteiger partial charge in [-0.3, -0.25) is 0 Å². The van der Waals surface area contributed by atoms with Crippen molar-refractivity contribution in [2.45, 2.75) is 25.3 Å². The van der Waals surface area contributed by atoms with Crippen LogP contribution in [0.15, 0.2) is 54.6 Å². The molecule has 0 unspecified atom stereocenters. The molecular formula is C20H20FNO. The summed E-state index contributed by atoms with van der Waals surface area (Å²) in [5.74, 6) is 1.56. The van der Waals surface area contributed by atoms with E-state index >= 15 is 0 Å². The molecule has 1 N–H and O–H groups in total. The minimum atomic E-state index is -0.193. The minimum absolute atomic E-state index is 0.171. The number of rotatable bonds is 3. The number of halogens is 1. The van der Waals surface area contributed by atoms with Crippen LogP contribution in [0.4, 0.5) is 10.1 Å². The summed E-state index contributed by atoms with van der Waals surface area (Å²) < 4.78 is 19.1. The van der Waals surface area contributed by atoms with Gasteiger partial charge in [-0.1, -0.05) is 36.4 Å². The summed E-state index contributed by atoms with van der Waals surface area (Å²) in [7, 11) is 0. The van der Waals surface area contributed by atoms with Crippen LogP contribution in [0, 0.1) is 11.7 Å². The van der Waals surface area contributed by atoms with E-state index in [0.29, 0.717) is 18.4 Å². The van der Waals surface area contributed by atoms with Gasteiger partial charge >= 0.3 is 0 Å². The Hall–Kier alpha value is -2.29. The summed E-state index contributed by atoms with van der Waals surface area (Å²) in [6.07, 6.45) is 5.60. The van der Waals surface area contributed by atoms with Gasteiger partial charge in [0.2, 0.25) is 0 Å². The molecule has 1 aliphatic heterocycles. The number of anilines is 1. The molecule has 0 radical (unpaired) electrons. The quantitative estimate of drug-likeness (QED) is 0.801. The molecule has 2 aromatic rings. The average Bonchev–Trinajstić information content (AvgIpc) is 3.05. The van der Waals surface area contributed by atoms with Crippen molar-refractivity contribution in [1.29, 1.82) is 0 Å². The number of allylic oxidation sites excluding steroid dienone is 2. The van der Waals surface area contributed by atoms with E-state index in [2.05, 4.69) is 29.6 Å². The maximum absolute atomic E-state index is 13.3. The molecule has 3 atom stereocenters. The summed E-state index contributed by atoms with van der Waals surface area (Å²) in [5, 5.41) is 3.67. The second-order valence-electron chi connectivity index (χ2n) is 6.18. The maximum atomic E-state index is 13.3. The zero-order chi connectivity index (χ0) is 15.8. The zero-order valence-electron chi connectivity index (χ0n) is 13.1. The van der Waals surface area contributed by atoms with Crippen LogP contribution in [-0.4, -0.2) is 6.61 Å². The molecule has 4 rings (SSSR count). The first-order chi connectivity index (χ1) is 11.3. The van der Waals surface area contributed by atoms with E-state index in [1.165, 1.54) is 5.56 Å². The highest BCUT2D eigenvalue weighted by atomic mass is 19.1. The Morgan fingerprint density at radius 2 is 2.00 bits per heavy atom. The molecule has 0 saturated heterocycles. The van der Waals surface area contributed by atoms with Crippen molar-refractivity contribution in [1.82, 2.24) is 0 Å². The first kappa shape index (κ1) is 14.3. The molecule has 0 aromatic heterocycles. The van der Waals surface area contributed by atoms with Crippen LogP contribution >= 0.6 is 0 Å². The Labute approximate surface area is 136 Å². The van der Waals surface area contributed by atoms with Crippen LogP contribution in [0.1, 0.15) is 36.4 Å². The molecule has 0 fully saturated rings. The molecule has 0 amide bonds. The molecule has 118 valence electrons. The van der Waals surface area contributed by atoms with Crippen molar-refractivity contribution in [2.24, 2.45) is 5.92 Å². The highest BCUT2D eigenvalue weighted by Crippen LogP contribution is 2.52. The third-order valence-electron chi connectivity index (χ3n) is 4.89. The summed E-state index contributed by atoms with van der Waals surface area (Å²) in [6, 6.07) is 13.3. The van der Waals surface area contributed by atoms with Gasteiger partial charge in [0.15, 0.2) is 0 Å². The van der Waals surface area contributed by atoms with Gasteiger partial charge in [-0.25, -0.2) is 4.39 Å². The first-order valence-corrected chi connectivity index (χ1v) is 8.22. The first-order valence-electron chi connectivity index (χ1n) is 8.22. The van der Waals surface area contributed by atoms with E-state index in [1.54, 1.807) is 12.1 Å². The van der Waals surface area contributed by atoms with Gasteiger partial charge in [0.1, 0.15) is 11.6 Å². The van der Waals surface area contributed by atoms with Crippen molar-refractivity contribution in [3.63, 3.8) is 0 Å². The third kappa shape index (κ3) is 2.40. The fourth-order valence-electron chi connectivity index (χ4n) is 3.87. The predicted octanol–water partition coefficient (Wildman–Crippen LogP) is 5.05. The smallest absolute Gasteiger partial charge is 0.142 e. The standard InChI is InChI=1S/C20H20FNO/c1-2-23-18-8-4-7-17-15-5-3-6-16(15)19(22-20(17)18)13-9-11-14(21)12-10-13/h3-5,7-12,15-16,19,22H,2,6H2,1H3/t15-,16+,19+/m0/s1. The normalized spacial score (nSPS) is 24.7. The largest absolute Gasteiger partial charge is 0.492 e. The van der Waals surface area contributed by atoms with E-state index in [4.69, 9.17) is 4.74 Å². The van der Waals surface area contributed by atoms with E-state index in [-0.39, 0.29) is 11.9 Å². The van der Waals surface area contributed by atoms with Gasteiger partial charge in [0.05, 0.1) is 18.3 Å². The van der Waals surface area contributed by atoms with E-state index < -0.39 is 0 Å². The molecule has 23 heavy (non-hydrogen) atoms. The van der Waals surface area contributed by atoms with Crippen LogP contribution in [0.25, 0.3) is 0 Å². The van der Waals surface area contributed by atoms with Crippen molar-refractivity contribution in [2.75, 3.05) is 11.9 Å². The van der Waals surface area contributed by atoms with Crippen LogP contribution in [0.5, 0.6) is 5.75 Å². The van der Waals surface area contributed by atoms with Gasteiger partial charge in [-0.15, -0.1) is 0 Å². The van der Waals surface area contributed by atoms with E-state index in [9.17, 15) is 4.39 Å². The number of para-hydroxylation sites is 1. The lowest BCUT2D eigenvalue weighted by atomic mass is 9.77. The zero-order valence-corrected chi connectivity index (χ0v) is 13.1. The molecule has 2 aromatic carbocycles. The van der Waals surface area contributed by atoms with Gasteiger partial charge in [-0.2, -0.15) is 0 Å². The lowest BCUT2D eigenvalue weighted by Gasteiger charge is -2.38. The molecule has 1 heterocycles. The van der Waals surface area contributed by atoms with E-state index in [1.807, 2.05) is 25.1 Å². The predicted molar refractivity (Wildman–Crippen MR) is 90.4 cm³/mol. The Kier molecular flexibility index (Phi) is 3.56. The second kappa shape index (κ2) is 5.73. The highest BCUT2D eigenvalue weighted by molar-refractivity contribution is 5.67. The van der Waals surface area contributed by atoms with Crippen molar-refractivity contribution in [3.05, 3.63) is 71.6 Å². The number of fused-ring (bicyclic) bond motifs is 3. The maximum Gasteiger partial charge on any atom is 0.142 e. The summed E-state index contributed by atoms with van der Waals surface area (Å²) in [4.78, 5) is 0. The van der Waals surface area contributed by atoms with Gasteiger partial charge in [0.25, 0.3) is 0 Å². The third-order valence-corrected chi connectivity index (χ3v) is 4.89.